The first-order valence-electron chi connectivity index (χ1n) is 8.13. The minimum Gasteiger partial charge on any atom is -0.506 e. The number of phenolic OH excluding ortho intramolecular Hbond substituents is 1. The normalized spacial score (nSPS) is 11.1. The van der Waals surface area contributed by atoms with Gasteiger partial charge in [0, 0.05) is 32.7 Å². The van der Waals surface area contributed by atoms with Crippen LogP contribution in [0.15, 0.2) is 58.1 Å². The number of nitrogens with zero attached hydrogens (tertiary/aromatic N) is 2. The van der Waals surface area contributed by atoms with Crippen LogP contribution in [0.1, 0.15) is 27.3 Å². The van der Waals surface area contributed by atoms with Crippen LogP contribution in [0.5, 0.6) is 5.75 Å². The van der Waals surface area contributed by atoms with Crippen molar-refractivity contribution in [2.45, 2.75) is 13.8 Å². The third-order valence-electron chi connectivity index (χ3n) is 4.07. The molecule has 7 heteroatoms. The highest BCUT2D eigenvalue weighted by Gasteiger charge is 2.09. The molecule has 2 aromatic carbocycles. The van der Waals surface area contributed by atoms with Crippen LogP contribution in [-0.4, -0.2) is 21.8 Å². The summed E-state index contributed by atoms with van der Waals surface area (Å²) < 4.78 is 3.60. The van der Waals surface area contributed by atoms with Crippen LogP contribution in [0.2, 0.25) is 0 Å². The molecule has 1 aromatic heterocycles. The number of phenols is 1. The van der Waals surface area contributed by atoms with E-state index >= 15 is 0 Å². The molecule has 0 saturated heterocycles. The number of rotatable bonds is 4. The maximum atomic E-state index is 12.4. The van der Waals surface area contributed by atoms with Crippen molar-refractivity contribution < 1.29 is 9.90 Å². The van der Waals surface area contributed by atoms with Crippen LogP contribution >= 0.6 is 38.5 Å². The number of benzene rings is 2. The van der Waals surface area contributed by atoms with Crippen molar-refractivity contribution in [2.75, 3.05) is 0 Å². The van der Waals surface area contributed by atoms with Crippen LogP contribution in [0.3, 0.4) is 0 Å². The lowest BCUT2D eigenvalue weighted by molar-refractivity contribution is 0.0955. The molecule has 0 aliphatic heterocycles. The van der Waals surface area contributed by atoms with E-state index in [2.05, 4.69) is 31.0 Å². The maximum absolute atomic E-state index is 12.4. The minimum atomic E-state index is -0.320. The third kappa shape index (κ3) is 4.41. The van der Waals surface area contributed by atoms with Gasteiger partial charge in [0.1, 0.15) is 5.75 Å². The van der Waals surface area contributed by atoms with Crippen LogP contribution in [0, 0.1) is 17.4 Å². The molecule has 2 N–H and O–H groups in total. The van der Waals surface area contributed by atoms with E-state index in [1.54, 1.807) is 18.2 Å². The van der Waals surface area contributed by atoms with Gasteiger partial charge in [-0.1, -0.05) is 22.0 Å². The quantitative estimate of drug-likeness (QED) is 0.281. The summed E-state index contributed by atoms with van der Waals surface area (Å²) in [5.74, 6) is -0.197. The maximum Gasteiger partial charge on any atom is 0.271 e. The zero-order chi connectivity index (χ0) is 19.6. The smallest absolute Gasteiger partial charge is 0.271 e. The van der Waals surface area contributed by atoms with Crippen molar-refractivity contribution in [3.05, 3.63) is 79.1 Å². The van der Waals surface area contributed by atoms with Crippen molar-refractivity contribution in [1.29, 1.82) is 0 Å². The molecular formula is C20H17BrIN3O2. The second kappa shape index (κ2) is 8.26. The summed E-state index contributed by atoms with van der Waals surface area (Å²) in [6, 6.07) is 15.0. The number of aromatic nitrogens is 1. The average molecular weight is 538 g/mol. The zero-order valence-corrected chi connectivity index (χ0v) is 18.4. The monoisotopic (exact) mass is 537 g/mol. The highest BCUT2D eigenvalue weighted by molar-refractivity contribution is 14.1. The summed E-state index contributed by atoms with van der Waals surface area (Å²) in [4.78, 5) is 12.4. The lowest BCUT2D eigenvalue weighted by Crippen LogP contribution is -2.18. The van der Waals surface area contributed by atoms with E-state index in [0.717, 1.165) is 21.5 Å². The van der Waals surface area contributed by atoms with Gasteiger partial charge in [0.05, 0.1) is 9.78 Å². The molecule has 3 aromatic rings. The first-order chi connectivity index (χ1) is 12.9. The van der Waals surface area contributed by atoms with E-state index in [4.69, 9.17) is 0 Å². The Labute approximate surface area is 179 Å². The Balaban J connectivity index is 1.79. The summed E-state index contributed by atoms with van der Waals surface area (Å²) >= 11 is 5.41. The number of aryl methyl sites for hydroxylation is 2. The topological polar surface area (TPSA) is 66.6 Å². The van der Waals surface area contributed by atoms with Gasteiger partial charge in [-0.3, -0.25) is 4.79 Å². The molecule has 0 bridgehead atoms. The van der Waals surface area contributed by atoms with Gasteiger partial charge in [0.2, 0.25) is 0 Å². The predicted octanol–water partition coefficient (Wildman–Crippen LogP) is 4.93. The van der Waals surface area contributed by atoms with Crippen molar-refractivity contribution in [3.8, 4) is 11.4 Å². The number of nitrogens with one attached hydrogen (secondary N) is 1. The van der Waals surface area contributed by atoms with Crippen LogP contribution in [-0.2, 0) is 0 Å². The number of carbonyl (C=O) groups is 1. The van der Waals surface area contributed by atoms with E-state index in [1.807, 2.05) is 66.8 Å². The van der Waals surface area contributed by atoms with Gasteiger partial charge >= 0.3 is 0 Å². The number of halogens is 2. The molecule has 0 fully saturated rings. The average Bonchev–Trinajstić information content (AvgIpc) is 2.97. The summed E-state index contributed by atoms with van der Waals surface area (Å²) in [5, 5.41) is 14.0. The molecule has 0 aliphatic carbocycles. The highest BCUT2D eigenvalue weighted by atomic mass is 127. The van der Waals surface area contributed by atoms with Gasteiger partial charge in [0.25, 0.3) is 5.91 Å². The molecule has 3 rings (SSSR count). The fourth-order valence-corrected chi connectivity index (χ4v) is 4.32. The largest absolute Gasteiger partial charge is 0.506 e. The van der Waals surface area contributed by atoms with E-state index in [-0.39, 0.29) is 11.7 Å². The molecule has 5 nitrogen and oxygen atoms in total. The van der Waals surface area contributed by atoms with E-state index < -0.39 is 0 Å². The molecule has 27 heavy (non-hydrogen) atoms. The fraction of sp³-hybridized carbons (Fsp3) is 0.100. The highest BCUT2D eigenvalue weighted by Crippen LogP contribution is 2.27. The summed E-state index contributed by atoms with van der Waals surface area (Å²) in [6.45, 7) is 4.05. The van der Waals surface area contributed by atoms with Crippen LogP contribution in [0.4, 0.5) is 0 Å². The van der Waals surface area contributed by atoms with Crippen molar-refractivity contribution in [2.24, 2.45) is 5.10 Å². The van der Waals surface area contributed by atoms with Gasteiger partial charge in [0.15, 0.2) is 0 Å². The number of hydrazone groups is 1. The van der Waals surface area contributed by atoms with Crippen molar-refractivity contribution in [1.82, 2.24) is 9.99 Å². The number of hydrogen-bond acceptors (Lipinski definition) is 3. The molecule has 0 saturated carbocycles. The number of carbonyl (C=O) groups excluding carboxylic acids is 1. The molecule has 138 valence electrons. The van der Waals surface area contributed by atoms with E-state index in [0.29, 0.717) is 14.7 Å². The predicted molar refractivity (Wildman–Crippen MR) is 119 cm³/mol. The fourth-order valence-electron chi connectivity index (χ4n) is 2.77. The molecule has 1 heterocycles. The molecule has 0 radical (unpaired) electrons. The van der Waals surface area contributed by atoms with Crippen LogP contribution in [0.25, 0.3) is 5.69 Å². The summed E-state index contributed by atoms with van der Waals surface area (Å²) in [6.07, 6.45) is 1.42. The van der Waals surface area contributed by atoms with E-state index in [9.17, 15) is 9.90 Å². The second-order valence-corrected chi connectivity index (χ2v) is 8.10. The zero-order valence-electron chi connectivity index (χ0n) is 14.7. The Bertz CT molecular complexity index is 1020. The number of hydrogen-bond donors (Lipinski definition) is 2. The van der Waals surface area contributed by atoms with Gasteiger partial charge in [-0.15, -0.1) is 0 Å². The SMILES string of the molecule is Cc1ccc(C)n1-c1cccc(C(=O)N/N=C/c2cc(Br)cc(I)c2O)c1. The first-order valence-corrected chi connectivity index (χ1v) is 10.0. The number of aromatic hydroxyl groups is 1. The van der Waals surface area contributed by atoms with E-state index in [1.165, 1.54) is 6.21 Å². The van der Waals surface area contributed by atoms with Gasteiger partial charge in [-0.05, 0) is 78.9 Å². The first kappa shape index (κ1) is 19.6. The minimum absolute atomic E-state index is 0.123. The summed E-state index contributed by atoms with van der Waals surface area (Å²) in [5.41, 5.74) is 6.65. The molecule has 1 amide bonds. The molecule has 0 aliphatic rings. The van der Waals surface area contributed by atoms with Gasteiger partial charge in [-0.2, -0.15) is 5.10 Å². The molecule has 0 spiro atoms. The Morgan fingerprint density at radius 2 is 1.89 bits per heavy atom. The van der Waals surface area contributed by atoms with Gasteiger partial charge < -0.3 is 9.67 Å². The standard InChI is InChI=1S/C20H17BrIN3O2/c1-12-6-7-13(2)25(12)17-5-3-4-14(9-17)20(27)24-23-11-15-8-16(21)10-18(22)19(15)26/h3-11,26H,1-2H3,(H,24,27)/b23-11+. The Morgan fingerprint density at radius 1 is 1.19 bits per heavy atom. The molecular weight excluding hydrogens is 521 g/mol. The second-order valence-electron chi connectivity index (χ2n) is 6.03. The third-order valence-corrected chi connectivity index (χ3v) is 5.35. The Morgan fingerprint density at radius 3 is 2.59 bits per heavy atom. The molecule has 0 unspecified atom stereocenters. The van der Waals surface area contributed by atoms with Gasteiger partial charge in [-0.25, -0.2) is 5.43 Å². The number of amides is 1. The summed E-state index contributed by atoms with van der Waals surface area (Å²) in [7, 11) is 0. The Kier molecular flexibility index (Phi) is 6.01. The van der Waals surface area contributed by atoms with Crippen molar-refractivity contribution >= 4 is 50.6 Å². The molecule has 0 atom stereocenters. The lowest BCUT2D eigenvalue weighted by Gasteiger charge is -2.10. The lowest BCUT2D eigenvalue weighted by atomic mass is 10.2. The Hall–Kier alpha value is -2.13. The van der Waals surface area contributed by atoms with Crippen LogP contribution < -0.4 is 5.43 Å². The van der Waals surface area contributed by atoms with Crippen molar-refractivity contribution in [3.63, 3.8) is 0 Å².